The van der Waals surface area contributed by atoms with E-state index in [0.717, 1.165) is 47.0 Å². The monoisotopic (exact) mass is 322 g/mol. The lowest BCUT2D eigenvalue weighted by Gasteiger charge is -2.22. The maximum Gasteiger partial charge on any atom is 0.157 e. The molecule has 1 atom stereocenters. The minimum Gasteiger partial charge on any atom is -0.362 e. The minimum absolute atomic E-state index is 0.499. The van der Waals surface area contributed by atoms with Gasteiger partial charge in [0.15, 0.2) is 11.5 Å². The summed E-state index contributed by atoms with van der Waals surface area (Å²) in [5, 5.41) is 15.2. The van der Waals surface area contributed by atoms with Crippen LogP contribution >= 0.6 is 0 Å². The van der Waals surface area contributed by atoms with Gasteiger partial charge in [-0.05, 0) is 50.6 Å². The molecule has 1 fully saturated rings. The van der Waals surface area contributed by atoms with E-state index in [-0.39, 0.29) is 0 Å². The highest BCUT2D eigenvalue weighted by molar-refractivity contribution is 5.87. The van der Waals surface area contributed by atoms with E-state index in [4.69, 9.17) is 4.98 Å². The Morgan fingerprint density at radius 1 is 1.21 bits per heavy atom. The molecule has 0 radical (unpaired) electrons. The number of nitrogens with one attached hydrogen (secondary N) is 3. The Morgan fingerprint density at radius 3 is 3.00 bits per heavy atom. The quantitative estimate of drug-likeness (QED) is 0.688. The molecule has 1 aliphatic rings. The number of H-pyrrole nitrogens is 1. The van der Waals surface area contributed by atoms with E-state index in [1.54, 1.807) is 0 Å². The Kier molecular flexibility index (Phi) is 4.13. The fourth-order valence-electron chi connectivity index (χ4n) is 3.26. The summed E-state index contributed by atoms with van der Waals surface area (Å²) >= 11 is 0. The molecule has 1 unspecified atom stereocenters. The fourth-order valence-corrected chi connectivity index (χ4v) is 3.26. The highest BCUT2D eigenvalue weighted by Gasteiger charge is 2.17. The van der Waals surface area contributed by atoms with Gasteiger partial charge in [-0.2, -0.15) is 5.10 Å². The van der Waals surface area contributed by atoms with E-state index >= 15 is 0 Å². The number of aryl methyl sites for hydroxylation is 1. The summed E-state index contributed by atoms with van der Waals surface area (Å²) in [6, 6.07) is 10.3. The van der Waals surface area contributed by atoms with Crippen LogP contribution in [0.4, 0.5) is 5.82 Å². The zero-order valence-electron chi connectivity index (χ0n) is 13.8. The van der Waals surface area contributed by atoms with Crippen molar-refractivity contribution >= 4 is 16.9 Å². The molecule has 4 heterocycles. The van der Waals surface area contributed by atoms with Gasteiger partial charge in [-0.1, -0.05) is 6.07 Å². The molecule has 0 aromatic carbocycles. The molecule has 24 heavy (non-hydrogen) atoms. The Hall–Kier alpha value is -2.47. The van der Waals surface area contributed by atoms with Crippen LogP contribution in [0.3, 0.4) is 0 Å². The lowest BCUT2D eigenvalue weighted by molar-refractivity contribution is 0.455. The molecule has 1 saturated heterocycles. The topological polar surface area (TPSA) is 78.5 Å². The number of nitrogens with zero attached hydrogens (tertiary/aromatic N) is 3. The van der Waals surface area contributed by atoms with Crippen LogP contribution in [0.1, 0.15) is 35.8 Å². The summed E-state index contributed by atoms with van der Waals surface area (Å²) in [5.74, 6) is 1.33. The second-order valence-electron chi connectivity index (χ2n) is 6.37. The Balaban J connectivity index is 1.52. The average molecular weight is 322 g/mol. The summed E-state index contributed by atoms with van der Waals surface area (Å²) in [7, 11) is 0. The zero-order chi connectivity index (χ0) is 16.4. The molecule has 124 valence electrons. The summed E-state index contributed by atoms with van der Waals surface area (Å²) in [6.45, 7) is 4.77. The SMILES string of the molecule is Cc1cccc(CNc2n[nH]c3nc(C4CCCNC4)ccc23)n1. The molecule has 0 saturated carbocycles. The standard InChI is InChI=1S/C18H22N6/c1-12-4-2-6-14(21-12)11-20-17-15-7-8-16(22-18(15)24-23-17)13-5-3-9-19-10-13/h2,4,6-8,13,19H,3,5,9-11H2,1H3,(H2,20,22,23,24). The first-order valence-corrected chi connectivity index (χ1v) is 8.52. The maximum absolute atomic E-state index is 4.77. The van der Waals surface area contributed by atoms with Crippen molar-refractivity contribution in [3.8, 4) is 0 Å². The van der Waals surface area contributed by atoms with Gasteiger partial charge in [0.2, 0.25) is 0 Å². The molecule has 3 aromatic rings. The van der Waals surface area contributed by atoms with Crippen molar-refractivity contribution in [1.29, 1.82) is 0 Å². The second-order valence-corrected chi connectivity index (χ2v) is 6.37. The van der Waals surface area contributed by atoms with E-state index in [1.807, 2.05) is 25.1 Å². The van der Waals surface area contributed by atoms with E-state index < -0.39 is 0 Å². The Bertz CT molecular complexity index is 834. The Morgan fingerprint density at radius 2 is 2.17 bits per heavy atom. The van der Waals surface area contributed by atoms with Gasteiger partial charge in [-0.15, -0.1) is 0 Å². The van der Waals surface area contributed by atoms with Crippen LogP contribution in [0, 0.1) is 6.92 Å². The molecule has 6 nitrogen and oxygen atoms in total. The zero-order valence-corrected chi connectivity index (χ0v) is 13.8. The summed E-state index contributed by atoms with van der Waals surface area (Å²) in [5.41, 5.74) is 4.01. The number of hydrogen-bond acceptors (Lipinski definition) is 5. The largest absolute Gasteiger partial charge is 0.362 e. The average Bonchev–Trinajstić information content (AvgIpc) is 3.03. The molecule has 1 aliphatic heterocycles. The molecular formula is C18H22N6. The van der Waals surface area contributed by atoms with Crippen LogP contribution in [0.2, 0.25) is 0 Å². The number of rotatable bonds is 4. The molecular weight excluding hydrogens is 300 g/mol. The van der Waals surface area contributed by atoms with Gasteiger partial charge in [-0.3, -0.25) is 10.1 Å². The number of anilines is 1. The van der Waals surface area contributed by atoms with Crippen LogP contribution in [-0.4, -0.2) is 33.3 Å². The molecule has 3 N–H and O–H groups in total. The molecule has 0 amide bonds. The van der Waals surface area contributed by atoms with Gasteiger partial charge < -0.3 is 10.6 Å². The van der Waals surface area contributed by atoms with Crippen LogP contribution in [0.25, 0.3) is 11.0 Å². The van der Waals surface area contributed by atoms with Crippen LogP contribution in [0.5, 0.6) is 0 Å². The highest BCUT2D eigenvalue weighted by Crippen LogP contribution is 2.25. The number of aromatic nitrogens is 4. The van der Waals surface area contributed by atoms with Crippen molar-refractivity contribution in [2.75, 3.05) is 18.4 Å². The predicted molar refractivity (Wildman–Crippen MR) is 95.0 cm³/mol. The van der Waals surface area contributed by atoms with Gasteiger partial charge in [0.1, 0.15) is 0 Å². The van der Waals surface area contributed by atoms with Crippen LogP contribution < -0.4 is 10.6 Å². The normalized spacial score (nSPS) is 18.0. The summed E-state index contributed by atoms with van der Waals surface area (Å²) in [4.78, 5) is 9.28. The first-order valence-electron chi connectivity index (χ1n) is 8.52. The lowest BCUT2D eigenvalue weighted by Crippen LogP contribution is -2.28. The Labute approximate surface area is 141 Å². The maximum atomic E-state index is 4.77. The third kappa shape index (κ3) is 3.10. The van der Waals surface area contributed by atoms with Crippen molar-refractivity contribution in [3.63, 3.8) is 0 Å². The first-order chi connectivity index (χ1) is 11.8. The van der Waals surface area contributed by atoms with Gasteiger partial charge in [0.25, 0.3) is 0 Å². The first kappa shape index (κ1) is 15.1. The molecule has 4 rings (SSSR count). The molecule has 3 aromatic heterocycles. The number of pyridine rings is 2. The van der Waals surface area contributed by atoms with E-state index in [9.17, 15) is 0 Å². The van der Waals surface area contributed by atoms with Crippen molar-refractivity contribution in [2.45, 2.75) is 32.2 Å². The number of piperidine rings is 1. The van der Waals surface area contributed by atoms with Crippen molar-refractivity contribution in [1.82, 2.24) is 25.5 Å². The minimum atomic E-state index is 0.499. The summed E-state index contributed by atoms with van der Waals surface area (Å²) < 4.78 is 0. The third-order valence-electron chi connectivity index (χ3n) is 4.54. The van der Waals surface area contributed by atoms with Gasteiger partial charge in [0.05, 0.1) is 17.6 Å². The van der Waals surface area contributed by atoms with Crippen molar-refractivity contribution in [3.05, 3.63) is 47.4 Å². The smallest absolute Gasteiger partial charge is 0.157 e. The highest BCUT2D eigenvalue weighted by atomic mass is 15.2. The predicted octanol–water partition coefficient (Wildman–Crippen LogP) is 2.74. The number of fused-ring (bicyclic) bond motifs is 1. The number of aromatic amines is 1. The van der Waals surface area contributed by atoms with Crippen LogP contribution in [0.15, 0.2) is 30.3 Å². The van der Waals surface area contributed by atoms with Gasteiger partial charge in [-0.25, -0.2) is 4.98 Å². The molecule has 6 heteroatoms. The fraction of sp³-hybridized carbons (Fsp3) is 0.389. The van der Waals surface area contributed by atoms with E-state index in [2.05, 4.69) is 37.9 Å². The third-order valence-corrected chi connectivity index (χ3v) is 4.54. The molecule has 0 bridgehead atoms. The molecule has 0 spiro atoms. The van der Waals surface area contributed by atoms with E-state index in [0.29, 0.717) is 12.5 Å². The van der Waals surface area contributed by atoms with Crippen molar-refractivity contribution in [2.24, 2.45) is 0 Å². The molecule has 0 aliphatic carbocycles. The number of hydrogen-bond donors (Lipinski definition) is 3. The second kappa shape index (κ2) is 6.57. The van der Waals surface area contributed by atoms with E-state index in [1.165, 1.54) is 12.8 Å². The lowest BCUT2D eigenvalue weighted by atomic mass is 9.95. The van der Waals surface area contributed by atoms with Gasteiger partial charge >= 0.3 is 0 Å². The van der Waals surface area contributed by atoms with Gasteiger partial charge in [0, 0.05) is 23.9 Å². The van der Waals surface area contributed by atoms with Crippen molar-refractivity contribution < 1.29 is 0 Å². The van der Waals surface area contributed by atoms with Crippen LogP contribution in [-0.2, 0) is 6.54 Å². The summed E-state index contributed by atoms with van der Waals surface area (Å²) in [6.07, 6.45) is 2.41.